The van der Waals surface area contributed by atoms with Gasteiger partial charge in [0.1, 0.15) is 5.75 Å². The van der Waals surface area contributed by atoms with E-state index in [9.17, 15) is 13.2 Å². The fourth-order valence-corrected chi connectivity index (χ4v) is 1.30. The molecular formula is C10H9ClF3NO2. The van der Waals surface area contributed by atoms with E-state index in [1.165, 1.54) is 12.1 Å². The second-order valence-electron chi connectivity index (χ2n) is 2.96. The number of benzene rings is 1. The number of alkyl halides is 3. The summed E-state index contributed by atoms with van der Waals surface area (Å²) in [5, 5.41) is 7.20. The first-order valence-corrected chi connectivity index (χ1v) is 4.98. The first-order chi connectivity index (χ1) is 7.83. The highest BCUT2D eigenvalue weighted by atomic mass is 35.5. The first-order valence-electron chi connectivity index (χ1n) is 4.60. The molecule has 0 aliphatic rings. The Morgan fingerprint density at radius 3 is 2.53 bits per heavy atom. The maximum atomic E-state index is 12.0. The van der Waals surface area contributed by atoms with Gasteiger partial charge in [-0.05, 0) is 25.1 Å². The number of ether oxygens (including phenoxy) is 2. The maximum absolute atomic E-state index is 12.0. The van der Waals surface area contributed by atoms with E-state index in [0.717, 1.165) is 6.07 Å². The molecule has 1 aromatic carbocycles. The summed E-state index contributed by atoms with van der Waals surface area (Å²) in [5.74, 6) is -0.667. The molecule has 0 saturated carbocycles. The van der Waals surface area contributed by atoms with Crippen molar-refractivity contribution in [1.82, 2.24) is 0 Å². The zero-order chi connectivity index (χ0) is 13.1. The van der Waals surface area contributed by atoms with Crippen molar-refractivity contribution in [2.45, 2.75) is 13.3 Å². The number of halogens is 4. The Labute approximate surface area is 101 Å². The molecule has 1 rings (SSSR count). The predicted octanol–water partition coefficient (Wildman–Crippen LogP) is 3.60. The molecule has 0 radical (unpaired) electrons. The fraction of sp³-hybridized carbons (Fsp3) is 0.300. The van der Waals surface area contributed by atoms with Gasteiger partial charge < -0.3 is 9.47 Å². The average Bonchev–Trinajstić information content (AvgIpc) is 2.19. The topological polar surface area (TPSA) is 42.3 Å². The van der Waals surface area contributed by atoms with Gasteiger partial charge in [-0.15, -0.1) is 13.2 Å². The highest BCUT2D eigenvalue weighted by Gasteiger charge is 2.32. The minimum absolute atomic E-state index is 0.159. The molecule has 0 fully saturated rings. The highest BCUT2D eigenvalue weighted by Crippen LogP contribution is 2.30. The number of rotatable bonds is 3. The third-order valence-corrected chi connectivity index (χ3v) is 2.00. The van der Waals surface area contributed by atoms with Crippen LogP contribution in [0.2, 0.25) is 5.02 Å². The van der Waals surface area contributed by atoms with Gasteiger partial charge in [0, 0.05) is 5.56 Å². The molecule has 0 aliphatic carbocycles. The van der Waals surface area contributed by atoms with E-state index < -0.39 is 12.1 Å². The molecule has 0 aromatic heterocycles. The van der Waals surface area contributed by atoms with Gasteiger partial charge in [-0.2, -0.15) is 0 Å². The lowest BCUT2D eigenvalue weighted by Gasteiger charge is -2.11. The minimum atomic E-state index is -4.79. The molecule has 1 aromatic rings. The standard InChI is InChI=1S/C10H9ClF3NO2/c1-2-16-9(15)6-3-4-8(7(11)5-6)17-10(12,13)14/h3-5,15H,2H2,1H3. The zero-order valence-corrected chi connectivity index (χ0v) is 9.52. The molecule has 7 heteroatoms. The van der Waals surface area contributed by atoms with Crippen LogP contribution >= 0.6 is 11.6 Å². The summed E-state index contributed by atoms with van der Waals surface area (Å²) >= 11 is 5.60. The van der Waals surface area contributed by atoms with Crippen LogP contribution < -0.4 is 4.74 Å². The fourth-order valence-electron chi connectivity index (χ4n) is 1.08. The zero-order valence-electron chi connectivity index (χ0n) is 8.77. The number of hydrogen-bond donors (Lipinski definition) is 1. The largest absolute Gasteiger partial charge is 0.573 e. The lowest BCUT2D eigenvalue weighted by atomic mass is 10.2. The smallest absolute Gasteiger partial charge is 0.478 e. The van der Waals surface area contributed by atoms with E-state index in [4.69, 9.17) is 21.7 Å². The Kier molecular flexibility index (Phi) is 4.22. The van der Waals surface area contributed by atoms with Crippen molar-refractivity contribution in [3.8, 4) is 5.75 Å². The van der Waals surface area contributed by atoms with Crippen LogP contribution in [0, 0.1) is 5.41 Å². The molecule has 0 aliphatic heterocycles. The third kappa shape index (κ3) is 4.14. The molecule has 3 nitrogen and oxygen atoms in total. The second-order valence-corrected chi connectivity index (χ2v) is 3.36. The molecule has 1 N–H and O–H groups in total. The maximum Gasteiger partial charge on any atom is 0.573 e. The van der Waals surface area contributed by atoms with Crippen molar-refractivity contribution < 1.29 is 22.6 Å². The Balaban J connectivity index is 2.90. The summed E-state index contributed by atoms with van der Waals surface area (Å²) in [6.07, 6.45) is -4.79. The monoisotopic (exact) mass is 267 g/mol. The van der Waals surface area contributed by atoms with Gasteiger partial charge in [-0.25, -0.2) is 0 Å². The van der Waals surface area contributed by atoms with Crippen LogP contribution in [0.3, 0.4) is 0 Å². The quantitative estimate of drug-likeness (QED) is 0.672. The van der Waals surface area contributed by atoms with E-state index >= 15 is 0 Å². The lowest BCUT2D eigenvalue weighted by molar-refractivity contribution is -0.274. The number of hydrogen-bond acceptors (Lipinski definition) is 3. The molecule has 94 valence electrons. The summed E-state index contributed by atoms with van der Waals surface area (Å²) in [6.45, 7) is 1.98. The minimum Gasteiger partial charge on any atom is -0.478 e. The Morgan fingerprint density at radius 1 is 1.41 bits per heavy atom. The Bertz CT molecular complexity index is 421. The van der Waals surface area contributed by atoms with E-state index in [2.05, 4.69) is 4.74 Å². The van der Waals surface area contributed by atoms with Crippen LogP contribution in [0.15, 0.2) is 18.2 Å². The second kappa shape index (κ2) is 5.27. The van der Waals surface area contributed by atoms with Crippen LogP contribution in [-0.2, 0) is 4.74 Å². The van der Waals surface area contributed by atoms with Gasteiger partial charge in [0.05, 0.1) is 11.6 Å². The highest BCUT2D eigenvalue weighted by molar-refractivity contribution is 6.32. The summed E-state index contributed by atoms with van der Waals surface area (Å²) in [5.41, 5.74) is 0.284. The third-order valence-electron chi connectivity index (χ3n) is 1.71. The predicted molar refractivity (Wildman–Crippen MR) is 56.6 cm³/mol. The number of nitrogens with one attached hydrogen (secondary N) is 1. The van der Waals surface area contributed by atoms with Crippen molar-refractivity contribution >= 4 is 17.5 Å². The molecular weight excluding hydrogens is 259 g/mol. The lowest BCUT2D eigenvalue weighted by Crippen LogP contribution is -2.17. The summed E-state index contributed by atoms with van der Waals surface area (Å²) in [7, 11) is 0. The van der Waals surface area contributed by atoms with Gasteiger partial charge >= 0.3 is 6.36 Å². The van der Waals surface area contributed by atoms with Crippen LogP contribution in [0.1, 0.15) is 12.5 Å². The first kappa shape index (κ1) is 13.6. The normalized spacial score (nSPS) is 11.1. The van der Waals surface area contributed by atoms with Crippen molar-refractivity contribution in [3.05, 3.63) is 28.8 Å². The molecule has 0 saturated heterocycles. The average molecular weight is 268 g/mol. The van der Waals surface area contributed by atoms with Gasteiger partial charge in [-0.1, -0.05) is 11.6 Å². The van der Waals surface area contributed by atoms with E-state index in [-0.39, 0.29) is 23.1 Å². The van der Waals surface area contributed by atoms with Crippen LogP contribution in [0.25, 0.3) is 0 Å². The molecule has 0 atom stereocenters. The van der Waals surface area contributed by atoms with E-state index in [1.807, 2.05) is 0 Å². The van der Waals surface area contributed by atoms with Crippen molar-refractivity contribution in [2.24, 2.45) is 0 Å². The molecule has 0 unspecified atom stereocenters. The summed E-state index contributed by atoms with van der Waals surface area (Å²) in [6, 6.07) is 3.49. The van der Waals surface area contributed by atoms with Gasteiger partial charge in [0.15, 0.2) is 0 Å². The molecule has 17 heavy (non-hydrogen) atoms. The van der Waals surface area contributed by atoms with Crippen LogP contribution in [0.4, 0.5) is 13.2 Å². The van der Waals surface area contributed by atoms with Gasteiger partial charge in [0.25, 0.3) is 0 Å². The van der Waals surface area contributed by atoms with E-state index in [1.54, 1.807) is 6.92 Å². The van der Waals surface area contributed by atoms with Crippen LogP contribution in [-0.4, -0.2) is 18.9 Å². The van der Waals surface area contributed by atoms with Crippen molar-refractivity contribution in [1.29, 1.82) is 5.41 Å². The van der Waals surface area contributed by atoms with Gasteiger partial charge in [-0.3, -0.25) is 5.41 Å². The SMILES string of the molecule is CCOC(=N)c1ccc(OC(F)(F)F)c(Cl)c1. The molecule has 0 heterocycles. The molecule has 0 spiro atoms. The van der Waals surface area contributed by atoms with Crippen LogP contribution in [0.5, 0.6) is 5.75 Å². The Hall–Kier alpha value is -1.43. The Morgan fingerprint density at radius 2 is 2.06 bits per heavy atom. The molecule has 0 amide bonds. The molecule has 0 bridgehead atoms. The van der Waals surface area contributed by atoms with Crippen molar-refractivity contribution in [3.63, 3.8) is 0 Å². The van der Waals surface area contributed by atoms with Crippen molar-refractivity contribution in [2.75, 3.05) is 6.61 Å². The summed E-state index contributed by atoms with van der Waals surface area (Å²) in [4.78, 5) is 0. The summed E-state index contributed by atoms with van der Waals surface area (Å²) < 4.78 is 44.4. The van der Waals surface area contributed by atoms with E-state index in [0.29, 0.717) is 0 Å². The van der Waals surface area contributed by atoms with Gasteiger partial charge in [0.2, 0.25) is 5.90 Å².